The quantitative estimate of drug-likeness (QED) is 0.372. The zero-order valence-corrected chi connectivity index (χ0v) is 25.1. The van der Waals surface area contributed by atoms with Crippen LogP contribution in [-0.4, -0.2) is 93.8 Å². The van der Waals surface area contributed by atoms with E-state index in [1.54, 1.807) is 18.3 Å². The van der Waals surface area contributed by atoms with E-state index in [-0.39, 0.29) is 42.9 Å². The van der Waals surface area contributed by atoms with Gasteiger partial charge in [-0.25, -0.2) is 0 Å². The summed E-state index contributed by atoms with van der Waals surface area (Å²) in [5.41, 5.74) is 4.43. The van der Waals surface area contributed by atoms with Crippen LogP contribution in [0, 0.1) is 6.92 Å². The zero-order valence-electron chi connectivity index (χ0n) is 24.3. The van der Waals surface area contributed by atoms with Crippen LogP contribution in [0.5, 0.6) is 5.75 Å². The van der Waals surface area contributed by atoms with Gasteiger partial charge in [-0.15, -0.1) is 0 Å². The first-order valence-electron chi connectivity index (χ1n) is 14.2. The van der Waals surface area contributed by atoms with E-state index in [0.29, 0.717) is 28.6 Å². The minimum Gasteiger partial charge on any atom is -0.508 e. The number of amides is 2. The van der Waals surface area contributed by atoms with Gasteiger partial charge in [-0.05, 0) is 74.8 Å². The minimum atomic E-state index is -3.67. The lowest BCUT2D eigenvalue weighted by molar-refractivity contribution is 0.0680. The second-order valence-electron chi connectivity index (χ2n) is 11.0. The number of nitrogens with zero attached hydrogens (tertiary/aromatic N) is 4. The number of piperidine rings is 2. The van der Waals surface area contributed by atoms with Crippen LogP contribution in [0.25, 0.3) is 0 Å². The Kier molecular flexibility index (Phi) is 10.3. The molecule has 12 nitrogen and oxygen atoms in total. The Morgan fingerprint density at radius 2 is 1.23 bits per heavy atom. The van der Waals surface area contributed by atoms with Gasteiger partial charge in [0.05, 0.1) is 54.1 Å². The number of aromatic hydroxyl groups is 1. The topological polar surface area (TPSA) is 180 Å². The molecule has 2 aromatic rings. The van der Waals surface area contributed by atoms with Crippen molar-refractivity contribution in [2.24, 2.45) is 9.98 Å². The molecule has 4 heterocycles. The van der Waals surface area contributed by atoms with Crippen molar-refractivity contribution >= 4 is 45.7 Å². The number of benzene rings is 2. The predicted octanol–water partition coefficient (Wildman–Crippen LogP) is 3.30. The fourth-order valence-corrected chi connectivity index (χ4v) is 5.58. The summed E-state index contributed by atoms with van der Waals surface area (Å²) in [4.78, 5) is 37.7. The Balaban J connectivity index is 0.000000171. The predicted molar refractivity (Wildman–Crippen MR) is 162 cm³/mol. The molecule has 2 fully saturated rings. The van der Waals surface area contributed by atoms with E-state index in [1.807, 2.05) is 29.0 Å². The molecule has 2 amide bonds. The highest BCUT2D eigenvalue weighted by atomic mass is 32.2. The maximum absolute atomic E-state index is 12.6. The first-order chi connectivity index (χ1) is 20.4. The van der Waals surface area contributed by atoms with Gasteiger partial charge in [0.2, 0.25) is 0 Å². The number of carbonyl (C=O) groups is 2. The summed E-state index contributed by atoms with van der Waals surface area (Å²) in [5.74, 6) is -0.0372. The molecule has 4 aliphatic rings. The summed E-state index contributed by atoms with van der Waals surface area (Å²) in [5, 5.41) is 28.3. The molecule has 0 radical (unpaired) electrons. The van der Waals surface area contributed by atoms with E-state index in [0.717, 1.165) is 68.4 Å². The van der Waals surface area contributed by atoms with Gasteiger partial charge in [0.15, 0.2) is 0 Å². The van der Waals surface area contributed by atoms with Crippen molar-refractivity contribution in [1.82, 2.24) is 9.80 Å². The summed E-state index contributed by atoms with van der Waals surface area (Å²) < 4.78 is 25.9. The average molecular weight is 615 g/mol. The van der Waals surface area contributed by atoms with Gasteiger partial charge < -0.3 is 25.1 Å². The van der Waals surface area contributed by atoms with E-state index in [2.05, 4.69) is 9.98 Å². The maximum atomic E-state index is 12.6. The zero-order chi connectivity index (χ0) is 31.3. The fraction of sp³-hybridized carbons (Fsp3) is 0.467. The van der Waals surface area contributed by atoms with E-state index in [4.69, 9.17) is 4.55 Å². The van der Waals surface area contributed by atoms with Crippen molar-refractivity contribution in [3.8, 4) is 5.75 Å². The van der Waals surface area contributed by atoms with E-state index in [9.17, 15) is 33.3 Å². The second kappa shape index (κ2) is 13.8. The Morgan fingerprint density at radius 3 is 1.70 bits per heavy atom. The Bertz CT molecular complexity index is 1430. The number of hydrogen-bond donors (Lipinski definition) is 4. The van der Waals surface area contributed by atoms with Crippen LogP contribution in [0.1, 0.15) is 75.9 Å². The summed E-state index contributed by atoms with van der Waals surface area (Å²) in [6, 6.07) is 6.87. The van der Waals surface area contributed by atoms with Gasteiger partial charge in [0.1, 0.15) is 5.75 Å². The van der Waals surface area contributed by atoms with Crippen LogP contribution in [0.2, 0.25) is 0 Å². The number of aryl methyl sites for hydroxylation is 1. The van der Waals surface area contributed by atoms with Crippen molar-refractivity contribution in [3.05, 3.63) is 52.1 Å². The van der Waals surface area contributed by atoms with Gasteiger partial charge in [0.25, 0.3) is 21.9 Å². The van der Waals surface area contributed by atoms with Crippen LogP contribution in [0.15, 0.2) is 34.3 Å². The largest absolute Gasteiger partial charge is 0.508 e. The SMILES string of the molecule is CS(=O)(=O)O.Cc1cc2c(cc1CO)C(=O)N1CCCC[C@H]1C=N2.O=C1c2cc(CO)c(O)cc2N=C[C@@H]2CCCCN12. The number of aliphatic hydroxyl groups excluding tert-OH is 2. The molecule has 232 valence electrons. The molecule has 2 saturated heterocycles. The van der Waals surface area contributed by atoms with Crippen LogP contribution in [-0.2, 0) is 23.3 Å². The van der Waals surface area contributed by atoms with Crippen LogP contribution >= 0.6 is 0 Å². The second-order valence-corrected chi connectivity index (χ2v) is 12.5. The highest BCUT2D eigenvalue weighted by molar-refractivity contribution is 7.85. The third kappa shape index (κ3) is 7.85. The smallest absolute Gasteiger partial charge is 0.261 e. The van der Waals surface area contributed by atoms with Crippen LogP contribution < -0.4 is 0 Å². The van der Waals surface area contributed by atoms with Gasteiger partial charge in [-0.3, -0.25) is 24.1 Å². The van der Waals surface area contributed by atoms with Crippen molar-refractivity contribution in [2.45, 2.75) is 70.7 Å². The third-order valence-corrected chi connectivity index (χ3v) is 7.84. The Hall–Kier alpha value is -3.65. The molecule has 2 aromatic carbocycles. The molecule has 0 bridgehead atoms. The van der Waals surface area contributed by atoms with Gasteiger partial charge in [-0.2, -0.15) is 8.42 Å². The molecule has 43 heavy (non-hydrogen) atoms. The molecule has 0 saturated carbocycles. The molecule has 0 unspecified atom stereocenters. The summed E-state index contributed by atoms with van der Waals surface area (Å²) >= 11 is 0. The summed E-state index contributed by atoms with van der Waals surface area (Å²) in [6.45, 7) is 3.14. The molecule has 0 aliphatic carbocycles. The first-order valence-corrected chi connectivity index (χ1v) is 16.1. The minimum absolute atomic E-state index is 0.0222. The molecule has 4 aliphatic heterocycles. The highest BCUT2D eigenvalue weighted by Crippen LogP contribution is 2.33. The van der Waals surface area contributed by atoms with Crippen molar-refractivity contribution < 1.29 is 37.9 Å². The lowest BCUT2D eigenvalue weighted by Crippen LogP contribution is -2.43. The molecule has 13 heteroatoms. The average Bonchev–Trinajstić information content (AvgIpc) is 3.19. The summed E-state index contributed by atoms with van der Waals surface area (Å²) in [6.07, 6.45) is 10.7. The van der Waals surface area contributed by atoms with Gasteiger partial charge >= 0.3 is 0 Å². The van der Waals surface area contributed by atoms with Gasteiger partial charge in [-0.1, -0.05) is 0 Å². The van der Waals surface area contributed by atoms with Crippen molar-refractivity contribution in [3.63, 3.8) is 0 Å². The molecular formula is C30H38N4O8S. The number of hydrogen-bond acceptors (Lipinski definition) is 9. The van der Waals surface area contributed by atoms with Crippen LogP contribution in [0.3, 0.4) is 0 Å². The molecule has 6 rings (SSSR count). The molecule has 0 aromatic heterocycles. The normalized spacial score (nSPS) is 20.7. The third-order valence-electron chi connectivity index (χ3n) is 7.84. The molecule has 2 atom stereocenters. The Labute approximate surface area is 251 Å². The summed E-state index contributed by atoms with van der Waals surface area (Å²) in [7, 11) is -3.67. The number of carbonyl (C=O) groups excluding carboxylic acids is 2. The lowest BCUT2D eigenvalue weighted by atomic mass is 10.00. The van der Waals surface area contributed by atoms with Crippen molar-refractivity contribution in [1.29, 1.82) is 0 Å². The first kappa shape index (κ1) is 32.3. The molecular weight excluding hydrogens is 576 g/mol. The number of phenols is 1. The lowest BCUT2D eigenvalue weighted by Gasteiger charge is -2.32. The molecule has 4 N–H and O–H groups in total. The van der Waals surface area contributed by atoms with E-state index >= 15 is 0 Å². The fourth-order valence-electron chi connectivity index (χ4n) is 5.58. The van der Waals surface area contributed by atoms with Gasteiger partial charge in [0, 0.05) is 37.1 Å². The van der Waals surface area contributed by atoms with E-state index < -0.39 is 10.1 Å². The van der Waals surface area contributed by atoms with E-state index in [1.165, 1.54) is 6.07 Å². The Morgan fingerprint density at radius 1 is 0.791 bits per heavy atom. The monoisotopic (exact) mass is 614 g/mol. The standard InChI is InChI=1S/C15H18N2O2.C14H16N2O3.CH4O3S/c1-10-6-14-13(7-11(10)9-18)15(19)17-5-3-2-4-12(17)8-16-14;17-8-9-5-11-12(6-13(9)18)15-7-10-3-1-2-4-16(10)14(11)19;1-5(2,3)4/h6-8,12,18H,2-5,9H2,1H3;5-7,10,17-18H,1-4,8H2;1H3,(H,2,3,4)/t12-;10-;/m00./s1. The van der Waals surface area contributed by atoms with Crippen molar-refractivity contribution in [2.75, 3.05) is 19.3 Å². The molecule has 0 spiro atoms. The van der Waals surface area contributed by atoms with Crippen LogP contribution in [0.4, 0.5) is 11.4 Å². The number of aliphatic imine (C=N–C) groups is 2. The highest BCUT2D eigenvalue weighted by Gasteiger charge is 2.31. The maximum Gasteiger partial charge on any atom is 0.261 e. The number of fused-ring (bicyclic) bond motifs is 4. The number of aliphatic hydroxyl groups is 2. The number of rotatable bonds is 2.